The third-order valence-corrected chi connectivity index (χ3v) is 4.97. The van der Waals surface area contributed by atoms with Gasteiger partial charge in [-0.2, -0.15) is 0 Å². The van der Waals surface area contributed by atoms with Crippen LogP contribution in [0.5, 0.6) is 0 Å². The maximum atomic E-state index is 12.2. The molecule has 1 amide bonds. The van der Waals surface area contributed by atoms with Crippen molar-refractivity contribution in [3.63, 3.8) is 0 Å². The van der Waals surface area contributed by atoms with Gasteiger partial charge < -0.3 is 11.1 Å². The van der Waals surface area contributed by atoms with Gasteiger partial charge in [-0.3, -0.25) is 4.79 Å². The summed E-state index contributed by atoms with van der Waals surface area (Å²) >= 11 is 0. The molecule has 0 aliphatic rings. The zero-order valence-electron chi connectivity index (χ0n) is 12.6. The van der Waals surface area contributed by atoms with Crippen molar-refractivity contribution in [2.75, 3.05) is 26.0 Å². The molecule has 1 rings (SSSR count). The zero-order valence-corrected chi connectivity index (χ0v) is 14.2. The highest BCUT2D eigenvalue weighted by molar-refractivity contribution is 7.89. The number of hydrogen-bond donors (Lipinski definition) is 2. The van der Waals surface area contributed by atoms with Gasteiger partial charge >= 0.3 is 0 Å². The maximum absolute atomic E-state index is 12.2. The molecule has 21 heavy (non-hydrogen) atoms. The molecule has 8 heteroatoms. The number of nitrogens with one attached hydrogen (secondary N) is 1. The average molecular weight is 336 g/mol. The highest BCUT2D eigenvalue weighted by Gasteiger charge is 2.20. The molecule has 0 saturated carbocycles. The molecule has 0 aliphatic carbocycles. The number of sulfonamides is 1. The molecule has 0 saturated heterocycles. The largest absolute Gasteiger partial charge is 0.330 e. The van der Waals surface area contributed by atoms with Crippen molar-refractivity contribution in [3.8, 4) is 0 Å². The number of nitrogens with zero attached hydrogens (tertiary/aromatic N) is 1. The minimum atomic E-state index is -3.53. The summed E-state index contributed by atoms with van der Waals surface area (Å²) < 4.78 is 25.5. The number of rotatable bonds is 5. The highest BCUT2D eigenvalue weighted by Crippen LogP contribution is 2.22. The Morgan fingerprint density at radius 1 is 1.38 bits per heavy atom. The molecule has 1 aromatic carbocycles. The molecule has 1 unspecified atom stereocenters. The predicted octanol–water partition coefficient (Wildman–Crippen LogP) is 1.20. The van der Waals surface area contributed by atoms with E-state index in [0.717, 1.165) is 4.31 Å². The minimum absolute atomic E-state index is 0. The Kier molecular flexibility index (Phi) is 7.32. The van der Waals surface area contributed by atoms with E-state index in [-0.39, 0.29) is 35.7 Å². The van der Waals surface area contributed by atoms with E-state index in [2.05, 4.69) is 5.32 Å². The van der Waals surface area contributed by atoms with Gasteiger partial charge in [0, 0.05) is 32.2 Å². The van der Waals surface area contributed by atoms with Crippen LogP contribution in [0.25, 0.3) is 0 Å². The van der Waals surface area contributed by atoms with Gasteiger partial charge in [-0.05, 0) is 24.6 Å². The van der Waals surface area contributed by atoms with Crippen LogP contribution < -0.4 is 11.1 Å². The summed E-state index contributed by atoms with van der Waals surface area (Å²) in [7, 11) is -0.597. The summed E-state index contributed by atoms with van der Waals surface area (Å²) in [6.07, 6.45) is 0. The summed E-state index contributed by atoms with van der Waals surface area (Å²) in [6, 6.07) is 4.80. The molecule has 0 fully saturated rings. The van der Waals surface area contributed by atoms with E-state index in [1.54, 1.807) is 26.0 Å². The number of carbonyl (C=O) groups excluding carboxylic acids is 1. The fraction of sp³-hybridized carbons (Fsp3) is 0.462. The van der Waals surface area contributed by atoms with E-state index in [1.165, 1.54) is 20.2 Å². The smallest absolute Gasteiger partial charge is 0.242 e. The molecule has 0 aliphatic heterocycles. The first kappa shape index (κ1) is 19.9. The zero-order chi connectivity index (χ0) is 15.5. The van der Waals surface area contributed by atoms with Crippen LogP contribution in [-0.4, -0.2) is 39.3 Å². The Morgan fingerprint density at radius 3 is 2.43 bits per heavy atom. The molecule has 1 atom stereocenters. The second-order valence-corrected chi connectivity index (χ2v) is 7.01. The minimum Gasteiger partial charge on any atom is -0.330 e. The standard InChI is InChI=1S/C13H21N3O3S.ClH/c1-9-5-6-11(15-13(17)10(2)8-14)7-12(9)20(18,19)16(3)4;/h5-7,10H,8,14H2,1-4H3,(H,15,17);1H. The van der Waals surface area contributed by atoms with Gasteiger partial charge in [0.05, 0.1) is 4.90 Å². The summed E-state index contributed by atoms with van der Waals surface area (Å²) in [4.78, 5) is 12.0. The molecule has 6 nitrogen and oxygen atoms in total. The van der Waals surface area contributed by atoms with Gasteiger partial charge in [0.15, 0.2) is 0 Å². The first-order valence-electron chi connectivity index (χ1n) is 6.24. The number of hydrogen-bond acceptors (Lipinski definition) is 4. The third kappa shape index (κ3) is 4.67. The number of amides is 1. The fourth-order valence-electron chi connectivity index (χ4n) is 1.52. The van der Waals surface area contributed by atoms with E-state index in [9.17, 15) is 13.2 Å². The number of aryl methyl sites for hydroxylation is 1. The van der Waals surface area contributed by atoms with E-state index >= 15 is 0 Å². The van der Waals surface area contributed by atoms with Crippen LogP contribution in [-0.2, 0) is 14.8 Å². The topological polar surface area (TPSA) is 92.5 Å². The van der Waals surface area contributed by atoms with Gasteiger partial charge in [0.25, 0.3) is 0 Å². The lowest BCUT2D eigenvalue weighted by atomic mass is 10.1. The molecule has 0 bridgehead atoms. The molecule has 0 radical (unpaired) electrons. The van der Waals surface area contributed by atoms with Crippen molar-refractivity contribution in [2.24, 2.45) is 11.7 Å². The first-order valence-corrected chi connectivity index (χ1v) is 7.68. The van der Waals surface area contributed by atoms with E-state index in [0.29, 0.717) is 11.3 Å². The van der Waals surface area contributed by atoms with Gasteiger partial charge in [-0.25, -0.2) is 12.7 Å². The number of carbonyl (C=O) groups is 1. The van der Waals surface area contributed by atoms with Crippen molar-refractivity contribution in [1.82, 2.24) is 4.31 Å². The monoisotopic (exact) mass is 335 g/mol. The molecule has 120 valence electrons. The van der Waals surface area contributed by atoms with Crippen LogP contribution >= 0.6 is 12.4 Å². The highest BCUT2D eigenvalue weighted by atomic mass is 35.5. The normalized spacial score (nSPS) is 12.7. The number of benzene rings is 1. The maximum Gasteiger partial charge on any atom is 0.242 e. The van der Waals surface area contributed by atoms with Crippen molar-refractivity contribution in [3.05, 3.63) is 23.8 Å². The summed E-state index contributed by atoms with van der Waals surface area (Å²) in [5.41, 5.74) is 6.50. The van der Waals surface area contributed by atoms with E-state index in [4.69, 9.17) is 5.73 Å². The van der Waals surface area contributed by atoms with E-state index in [1.807, 2.05) is 0 Å². The molecular weight excluding hydrogens is 314 g/mol. The summed E-state index contributed by atoms with van der Waals surface area (Å²) in [5, 5.41) is 2.67. The van der Waals surface area contributed by atoms with Crippen LogP contribution in [0.3, 0.4) is 0 Å². The van der Waals surface area contributed by atoms with Crippen LogP contribution in [0.1, 0.15) is 12.5 Å². The fourth-order valence-corrected chi connectivity index (χ4v) is 2.67. The van der Waals surface area contributed by atoms with Gasteiger partial charge in [-0.15, -0.1) is 12.4 Å². The van der Waals surface area contributed by atoms with Crippen molar-refractivity contribution < 1.29 is 13.2 Å². The number of anilines is 1. The average Bonchev–Trinajstić information content (AvgIpc) is 2.39. The Bertz CT molecular complexity index is 603. The SMILES string of the molecule is Cc1ccc(NC(=O)C(C)CN)cc1S(=O)(=O)N(C)C.Cl. The Hall–Kier alpha value is -1.15. The Balaban J connectivity index is 0.00000400. The third-order valence-electron chi connectivity index (χ3n) is 3.02. The lowest BCUT2D eigenvalue weighted by Crippen LogP contribution is -2.27. The van der Waals surface area contributed by atoms with Crippen LogP contribution in [0, 0.1) is 12.8 Å². The number of nitrogens with two attached hydrogens (primary N) is 1. The van der Waals surface area contributed by atoms with Crippen molar-refractivity contribution in [1.29, 1.82) is 0 Å². The molecule has 0 heterocycles. The quantitative estimate of drug-likeness (QED) is 0.845. The Labute approximate surface area is 132 Å². The lowest BCUT2D eigenvalue weighted by molar-refractivity contribution is -0.119. The molecular formula is C13H22ClN3O3S. The molecule has 1 aromatic rings. The van der Waals surface area contributed by atoms with Crippen LogP contribution in [0.15, 0.2) is 23.1 Å². The second-order valence-electron chi connectivity index (χ2n) is 4.89. The summed E-state index contributed by atoms with van der Waals surface area (Å²) in [6.45, 7) is 3.66. The first-order chi connectivity index (χ1) is 9.20. The van der Waals surface area contributed by atoms with Crippen LogP contribution in [0.2, 0.25) is 0 Å². The van der Waals surface area contributed by atoms with Crippen LogP contribution in [0.4, 0.5) is 5.69 Å². The second kappa shape index (κ2) is 7.74. The molecule has 3 N–H and O–H groups in total. The van der Waals surface area contributed by atoms with Gasteiger partial charge in [-0.1, -0.05) is 13.0 Å². The number of halogens is 1. The molecule has 0 spiro atoms. The summed E-state index contributed by atoms with van der Waals surface area (Å²) in [5.74, 6) is -0.560. The van der Waals surface area contributed by atoms with Crippen molar-refractivity contribution in [2.45, 2.75) is 18.7 Å². The van der Waals surface area contributed by atoms with E-state index < -0.39 is 10.0 Å². The predicted molar refractivity (Wildman–Crippen MR) is 86.1 cm³/mol. The lowest BCUT2D eigenvalue weighted by Gasteiger charge is -2.16. The van der Waals surface area contributed by atoms with Gasteiger partial charge in [0.2, 0.25) is 15.9 Å². The van der Waals surface area contributed by atoms with Crippen molar-refractivity contribution >= 4 is 34.0 Å². The Morgan fingerprint density at radius 2 is 1.95 bits per heavy atom. The molecule has 0 aromatic heterocycles. The van der Waals surface area contributed by atoms with Gasteiger partial charge in [0.1, 0.15) is 0 Å².